The monoisotopic (exact) mass is 158 g/mol. The molecule has 0 amide bonds. The molecule has 0 spiro atoms. The minimum absolute atomic E-state index is 0.0271. The Morgan fingerprint density at radius 2 is 1.91 bits per heavy atom. The average molecular weight is 158 g/mol. The summed E-state index contributed by atoms with van der Waals surface area (Å²) in [6.45, 7) is 3.53. The summed E-state index contributed by atoms with van der Waals surface area (Å²) >= 11 is 0. The van der Waals surface area contributed by atoms with Gasteiger partial charge in [-0.3, -0.25) is 9.59 Å². The quantitative estimate of drug-likeness (QED) is 0.659. The lowest BCUT2D eigenvalue weighted by atomic mass is 9.99. The predicted octanol–water partition coefficient (Wildman–Crippen LogP) is 1.47. The van der Waals surface area contributed by atoms with Crippen LogP contribution in [0.3, 0.4) is 0 Å². The van der Waals surface area contributed by atoms with Crippen molar-refractivity contribution in [1.82, 2.24) is 0 Å². The molecule has 0 radical (unpaired) electrons. The first-order valence-corrected chi connectivity index (χ1v) is 3.86. The molecule has 0 aromatic carbocycles. The molecule has 1 N–H and O–H groups in total. The van der Waals surface area contributed by atoms with Gasteiger partial charge in [-0.15, -0.1) is 0 Å². The van der Waals surface area contributed by atoms with Gasteiger partial charge in [0, 0.05) is 12.8 Å². The number of Topliss-reactive ketones (excluding diaryl/α,β-unsaturated/α-hetero) is 1. The van der Waals surface area contributed by atoms with Crippen molar-refractivity contribution in [2.45, 2.75) is 33.1 Å². The second-order valence-electron chi connectivity index (χ2n) is 2.54. The van der Waals surface area contributed by atoms with Gasteiger partial charge in [-0.1, -0.05) is 13.8 Å². The topological polar surface area (TPSA) is 54.4 Å². The molecule has 1 unspecified atom stereocenters. The Hall–Kier alpha value is -0.860. The van der Waals surface area contributed by atoms with E-state index in [1.54, 1.807) is 13.8 Å². The number of hydrogen-bond donors (Lipinski definition) is 1. The first-order valence-electron chi connectivity index (χ1n) is 3.86. The van der Waals surface area contributed by atoms with Crippen molar-refractivity contribution in [3.63, 3.8) is 0 Å². The summed E-state index contributed by atoms with van der Waals surface area (Å²) < 4.78 is 0. The van der Waals surface area contributed by atoms with E-state index in [1.165, 1.54) is 0 Å². The third kappa shape index (κ3) is 3.75. The highest BCUT2D eigenvalue weighted by Crippen LogP contribution is 2.09. The van der Waals surface area contributed by atoms with E-state index in [0.717, 1.165) is 0 Å². The first kappa shape index (κ1) is 10.1. The number of carbonyl (C=O) groups excluding carboxylic acids is 1. The van der Waals surface area contributed by atoms with Crippen LogP contribution in [0.5, 0.6) is 0 Å². The maximum atomic E-state index is 10.8. The van der Waals surface area contributed by atoms with Gasteiger partial charge in [-0.2, -0.15) is 0 Å². The minimum Gasteiger partial charge on any atom is -0.481 e. The van der Waals surface area contributed by atoms with E-state index in [4.69, 9.17) is 5.11 Å². The fourth-order valence-corrected chi connectivity index (χ4v) is 0.825. The highest BCUT2D eigenvalue weighted by molar-refractivity contribution is 5.83. The van der Waals surface area contributed by atoms with E-state index in [2.05, 4.69) is 0 Å². The molecule has 0 aliphatic heterocycles. The van der Waals surface area contributed by atoms with E-state index in [1.807, 2.05) is 0 Å². The number of carbonyl (C=O) groups is 2. The van der Waals surface area contributed by atoms with E-state index < -0.39 is 11.9 Å². The number of aliphatic carboxylic acids is 1. The Morgan fingerprint density at radius 1 is 1.36 bits per heavy atom. The van der Waals surface area contributed by atoms with Gasteiger partial charge in [0.25, 0.3) is 0 Å². The Morgan fingerprint density at radius 3 is 2.18 bits per heavy atom. The van der Waals surface area contributed by atoms with Crippen molar-refractivity contribution in [2.75, 3.05) is 0 Å². The van der Waals surface area contributed by atoms with Gasteiger partial charge in [-0.05, 0) is 6.42 Å². The fourth-order valence-electron chi connectivity index (χ4n) is 0.825. The third-order valence-corrected chi connectivity index (χ3v) is 1.71. The lowest BCUT2D eigenvalue weighted by Crippen LogP contribution is -2.16. The summed E-state index contributed by atoms with van der Waals surface area (Å²) in [5.41, 5.74) is 0. The fraction of sp³-hybridized carbons (Fsp3) is 0.750. The molecule has 0 bridgehead atoms. The summed E-state index contributed by atoms with van der Waals surface area (Å²) in [4.78, 5) is 21.3. The van der Waals surface area contributed by atoms with Crippen LogP contribution >= 0.6 is 0 Å². The molecule has 0 rings (SSSR count). The molecule has 0 fully saturated rings. The van der Waals surface area contributed by atoms with Crippen molar-refractivity contribution in [1.29, 1.82) is 0 Å². The van der Waals surface area contributed by atoms with E-state index in [9.17, 15) is 9.59 Å². The zero-order chi connectivity index (χ0) is 8.85. The Kier molecular flexibility index (Phi) is 4.50. The minimum atomic E-state index is -0.866. The largest absolute Gasteiger partial charge is 0.481 e. The van der Waals surface area contributed by atoms with Gasteiger partial charge in [-0.25, -0.2) is 0 Å². The second kappa shape index (κ2) is 4.88. The van der Waals surface area contributed by atoms with Gasteiger partial charge in [0.15, 0.2) is 0 Å². The van der Waals surface area contributed by atoms with Crippen molar-refractivity contribution >= 4 is 11.8 Å². The molecule has 0 aliphatic rings. The smallest absolute Gasteiger partial charge is 0.306 e. The number of ketones is 1. The van der Waals surface area contributed by atoms with E-state index in [-0.39, 0.29) is 12.2 Å². The van der Waals surface area contributed by atoms with Gasteiger partial charge in [0.05, 0.1) is 5.92 Å². The summed E-state index contributed by atoms with van der Waals surface area (Å²) in [5.74, 6) is -1.32. The van der Waals surface area contributed by atoms with E-state index >= 15 is 0 Å². The highest BCUT2D eigenvalue weighted by Gasteiger charge is 2.17. The maximum Gasteiger partial charge on any atom is 0.306 e. The maximum absolute atomic E-state index is 10.8. The van der Waals surface area contributed by atoms with Crippen LogP contribution < -0.4 is 0 Å². The highest BCUT2D eigenvalue weighted by atomic mass is 16.4. The molecular formula is C8H14O3. The number of carboxylic acids is 1. The molecule has 1 atom stereocenters. The summed E-state index contributed by atoms with van der Waals surface area (Å²) in [5, 5.41) is 8.57. The van der Waals surface area contributed by atoms with Crippen molar-refractivity contribution in [2.24, 2.45) is 5.92 Å². The number of carboxylic acid groups (broad SMARTS) is 1. The lowest BCUT2D eigenvalue weighted by Gasteiger charge is -2.06. The molecule has 0 heterocycles. The summed E-state index contributed by atoms with van der Waals surface area (Å²) in [7, 11) is 0. The molecule has 0 saturated heterocycles. The van der Waals surface area contributed by atoms with Gasteiger partial charge >= 0.3 is 5.97 Å². The van der Waals surface area contributed by atoms with Gasteiger partial charge in [0.1, 0.15) is 5.78 Å². The molecule has 0 aromatic heterocycles. The Labute approximate surface area is 66.4 Å². The summed E-state index contributed by atoms with van der Waals surface area (Å²) in [6, 6.07) is 0. The second-order valence-corrected chi connectivity index (χ2v) is 2.54. The molecule has 64 valence electrons. The van der Waals surface area contributed by atoms with Crippen LogP contribution in [-0.4, -0.2) is 16.9 Å². The predicted molar refractivity (Wildman–Crippen MR) is 41.3 cm³/mol. The molecule has 3 nitrogen and oxygen atoms in total. The SMILES string of the molecule is CCC(=O)CC(CC)C(=O)O. The van der Waals surface area contributed by atoms with Crippen LogP contribution in [-0.2, 0) is 9.59 Å². The van der Waals surface area contributed by atoms with Crippen molar-refractivity contribution < 1.29 is 14.7 Å². The molecule has 11 heavy (non-hydrogen) atoms. The standard InChI is InChI=1S/C8H14O3/c1-3-6(8(10)11)5-7(9)4-2/h6H,3-5H2,1-2H3,(H,10,11). The van der Waals surface area contributed by atoms with Crippen LogP contribution in [0.4, 0.5) is 0 Å². The van der Waals surface area contributed by atoms with Gasteiger partial charge < -0.3 is 5.11 Å². The molecular weight excluding hydrogens is 144 g/mol. The average Bonchev–Trinajstić information content (AvgIpc) is 1.99. The van der Waals surface area contributed by atoms with Crippen LogP contribution in [0, 0.1) is 5.92 Å². The molecule has 3 heteroatoms. The third-order valence-electron chi connectivity index (χ3n) is 1.71. The lowest BCUT2D eigenvalue weighted by molar-refractivity contribution is -0.143. The van der Waals surface area contributed by atoms with Crippen molar-refractivity contribution in [3.05, 3.63) is 0 Å². The van der Waals surface area contributed by atoms with Crippen LogP contribution in [0.25, 0.3) is 0 Å². The Bertz CT molecular complexity index is 151. The van der Waals surface area contributed by atoms with Gasteiger partial charge in [0.2, 0.25) is 0 Å². The Balaban J connectivity index is 3.88. The normalized spacial score (nSPS) is 12.5. The van der Waals surface area contributed by atoms with Crippen LogP contribution in [0.2, 0.25) is 0 Å². The zero-order valence-corrected chi connectivity index (χ0v) is 6.96. The molecule has 0 aromatic rings. The first-order chi connectivity index (χ1) is 5.11. The zero-order valence-electron chi connectivity index (χ0n) is 6.96. The molecule has 0 saturated carbocycles. The number of rotatable bonds is 5. The summed E-state index contributed by atoms with van der Waals surface area (Å²) in [6.07, 6.45) is 1.15. The van der Waals surface area contributed by atoms with Crippen molar-refractivity contribution in [3.8, 4) is 0 Å². The van der Waals surface area contributed by atoms with E-state index in [0.29, 0.717) is 12.8 Å². The number of hydrogen-bond acceptors (Lipinski definition) is 2. The van der Waals surface area contributed by atoms with Crippen LogP contribution in [0.15, 0.2) is 0 Å². The van der Waals surface area contributed by atoms with Crippen LogP contribution in [0.1, 0.15) is 33.1 Å². The molecule has 0 aliphatic carbocycles.